The van der Waals surface area contributed by atoms with Crippen LogP contribution in [0, 0.1) is 0 Å². The van der Waals surface area contributed by atoms with Crippen molar-refractivity contribution >= 4 is 45.7 Å². The van der Waals surface area contributed by atoms with E-state index in [2.05, 4.69) is 15.3 Å². The molecule has 0 aliphatic rings. The maximum Gasteiger partial charge on any atom is 0.228 e. The highest BCUT2D eigenvalue weighted by Gasteiger charge is 2.19. The molecule has 0 aliphatic carbocycles. The van der Waals surface area contributed by atoms with Gasteiger partial charge >= 0.3 is 0 Å². The van der Waals surface area contributed by atoms with Crippen molar-refractivity contribution in [2.45, 2.75) is 11.3 Å². The first-order chi connectivity index (χ1) is 14.0. The Kier molecular flexibility index (Phi) is 5.50. The van der Waals surface area contributed by atoms with E-state index in [4.69, 9.17) is 16.7 Å². The predicted molar refractivity (Wildman–Crippen MR) is 113 cm³/mol. The SMILES string of the molecule is N[S+]([O-])c1cc(NC(=O)Cc2ccccc2Cl)ccc1-n1cnc2ncccc21. The Morgan fingerprint density at radius 1 is 1.17 bits per heavy atom. The van der Waals surface area contributed by atoms with Crippen molar-refractivity contribution in [3.8, 4) is 5.69 Å². The highest BCUT2D eigenvalue weighted by atomic mass is 35.5. The maximum atomic E-state index is 12.4. The van der Waals surface area contributed by atoms with Crippen molar-refractivity contribution in [2.75, 3.05) is 5.32 Å². The molecule has 2 aromatic heterocycles. The van der Waals surface area contributed by atoms with Gasteiger partial charge in [0, 0.05) is 23.0 Å². The third-order valence-corrected chi connectivity index (χ3v) is 5.48. The van der Waals surface area contributed by atoms with E-state index in [1.807, 2.05) is 12.1 Å². The number of hydrogen-bond acceptors (Lipinski definition) is 5. The molecule has 2 aromatic carbocycles. The van der Waals surface area contributed by atoms with Crippen LogP contribution in [0.2, 0.25) is 5.02 Å². The Bertz CT molecular complexity index is 1190. The monoisotopic (exact) mass is 425 g/mol. The number of carbonyl (C=O) groups excluding carboxylic acids is 1. The normalized spacial score (nSPS) is 12.1. The summed E-state index contributed by atoms with van der Waals surface area (Å²) in [4.78, 5) is 21.2. The summed E-state index contributed by atoms with van der Waals surface area (Å²) in [6.07, 6.45) is 3.37. The van der Waals surface area contributed by atoms with Gasteiger partial charge in [0.2, 0.25) is 5.91 Å². The van der Waals surface area contributed by atoms with Crippen molar-refractivity contribution in [3.05, 3.63) is 77.7 Å². The van der Waals surface area contributed by atoms with Crippen LogP contribution in [-0.4, -0.2) is 25.0 Å². The van der Waals surface area contributed by atoms with Gasteiger partial charge in [-0.3, -0.25) is 9.36 Å². The molecule has 146 valence electrons. The summed E-state index contributed by atoms with van der Waals surface area (Å²) in [7, 11) is 0. The number of benzene rings is 2. The fourth-order valence-corrected chi connectivity index (χ4v) is 3.83. The molecular weight excluding hydrogens is 410 g/mol. The van der Waals surface area contributed by atoms with Crippen molar-refractivity contribution in [1.29, 1.82) is 0 Å². The molecule has 4 rings (SSSR count). The van der Waals surface area contributed by atoms with Gasteiger partial charge in [-0.1, -0.05) is 29.8 Å². The zero-order valence-corrected chi connectivity index (χ0v) is 16.7. The number of anilines is 1. The summed E-state index contributed by atoms with van der Waals surface area (Å²) in [5.41, 5.74) is 3.14. The Morgan fingerprint density at radius 3 is 2.79 bits per heavy atom. The minimum atomic E-state index is -1.78. The predicted octanol–water partition coefficient (Wildman–Crippen LogP) is 3.24. The zero-order chi connectivity index (χ0) is 20.4. The largest absolute Gasteiger partial charge is 0.593 e. The molecule has 7 nitrogen and oxygen atoms in total. The average molecular weight is 426 g/mol. The van der Waals surface area contributed by atoms with E-state index in [-0.39, 0.29) is 12.3 Å². The molecule has 0 radical (unpaired) electrons. The van der Waals surface area contributed by atoms with Crippen molar-refractivity contribution in [3.63, 3.8) is 0 Å². The molecule has 0 fully saturated rings. The molecule has 1 unspecified atom stereocenters. The quantitative estimate of drug-likeness (QED) is 0.477. The molecule has 1 amide bonds. The van der Waals surface area contributed by atoms with E-state index in [1.54, 1.807) is 59.6 Å². The van der Waals surface area contributed by atoms with E-state index in [0.717, 1.165) is 11.1 Å². The number of nitrogens with zero attached hydrogens (tertiary/aromatic N) is 3. The van der Waals surface area contributed by atoms with Gasteiger partial charge in [-0.2, -0.15) is 0 Å². The number of amides is 1. The third kappa shape index (κ3) is 4.10. The molecule has 0 saturated heterocycles. The Labute approximate surface area is 174 Å². The molecule has 0 aliphatic heterocycles. The number of aromatic nitrogens is 3. The number of halogens is 1. The fourth-order valence-electron chi connectivity index (χ4n) is 3.01. The van der Waals surface area contributed by atoms with Gasteiger partial charge in [-0.05, 0) is 35.9 Å². The lowest BCUT2D eigenvalue weighted by Crippen LogP contribution is -2.18. The van der Waals surface area contributed by atoms with Crippen LogP contribution in [0.5, 0.6) is 0 Å². The number of nitrogens with two attached hydrogens (primary N) is 1. The molecule has 0 spiro atoms. The lowest BCUT2D eigenvalue weighted by molar-refractivity contribution is -0.115. The number of pyridine rings is 1. The van der Waals surface area contributed by atoms with Crippen LogP contribution in [0.1, 0.15) is 5.56 Å². The van der Waals surface area contributed by atoms with Gasteiger partial charge in [-0.15, -0.1) is 5.14 Å². The summed E-state index contributed by atoms with van der Waals surface area (Å²) < 4.78 is 13.9. The van der Waals surface area contributed by atoms with Gasteiger partial charge < -0.3 is 9.87 Å². The Balaban J connectivity index is 1.63. The molecule has 3 N–H and O–H groups in total. The minimum Gasteiger partial charge on any atom is -0.593 e. The van der Waals surface area contributed by atoms with Crippen LogP contribution in [0.15, 0.2) is 72.0 Å². The number of rotatable bonds is 5. The number of nitrogens with one attached hydrogen (secondary N) is 1. The van der Waals surface area contributed by atoms with E-state index >= 15 is 0 Å². The lowest BCUT2D eigenvalue weighted by atomic mass is 10.1. The van der Waals surface area contributed by atoms with Crippen molar-refractivity contribution in [2.24, 2.45) is 5.14 Å². The smallest absolute Gasteiger partial charge is 0.228 e. The van der Waals surface area contributed by atoms with Crippen LogP contribution < -0.4 is 10.5 Å². The van der Waals surface area contributed by atoms with E-state index < -0.39 is 11.4 Å². The van der Waals surface area contributed by atoms with Gasteiger partial charge in [0.25, 0.3) is 0 Å². The number of fused-ring (bicyclic) bond motifs is 1. The first kappa shape index (κ1) is 19.4. The van der Waals surface area contributed by atoms with Gasteiger partial charge in [0.1, 0.15) is 12.0 Å². The summed E-state index contributed by atoms with van der Waals surface area (Å²) >= 11 is 4.34. The third-order valence-electron chi connectivity index (χ3n) is 4.35. The van der Waals surface area contributed by atoms with Crippen molar-refractivity contribution < 1.29 is 9.35 Å². The molecule has 9 heteroatoms. The fraction of sp³-hybridized carbons (Fsp3) is 0.0500. The maximum absolute atomic E-state index is 12.4. The lowest BCUT2D eigenvalue weighted by Gasteiger charge is -2.13. The van der Waals surface area contributed by atoms with E-state index in [1.165, 1.54) is 0 Å². The minimum absolute atomic E-state index is 0.125. The second-order valence-corrected chi connectivity index (χ2v) is 7.70. The molecule has 2 heterocycles. The molecule has 0 saturated carbocycles. The summed E-state index contributed by atoms with van der Waals surface area (Å²) in [5, 5.41) is 9.03. The van der Waals surface area contributed by atoms with Crippen LogP contribution in [0.4, 0.5) is 5.69 Å². The van der Waals surface area contributed by atoms with Gasteiger partial charge in [0.05, 0.1) is 23.3 Å². The molecule has 1 atom stereocenters. The van der Waals surface area contributed by atoms with Crippen molar-refractivity contribution in [1.82, 2.24) is 14.5 Å². The summed E-state index contributed by atoms with van der Waals surface area (Å²) in [6, 6.07) is 15.9. The zero-order valence-electron chi connectivity index (χ0n) is 15.1. The molecule has 29 heavy (non-hydrogen) atoms. The Hall–Kier alpha value is -2.91. The molecule has 4 aromatic rings. The first-order valence-corrected chi connectivity index (χ1v) is 10.2. The van der Waals surface area contributed by atoms with Crippen LogP contribution in [-0.2, 0) is 22.6 Å². The average Bonchev–Trinajstić information content (AvgIpc) is 3.13. The topological polar surface area (TPSA) is 109 Å². The van der Waals surface area contributed by atoms with E-state index in [0.29, 0.717) is 26.9 Å². The second kappa shape index (κ2) is 8.22. The highest BCUT2D eigenvalue weighted by molar-refractivity contribution is 7.89. The highest BCUT2D eigenvalue weighted by Crippen LogP contribution is 2.26. The number of carbonyl (C=O) groups is 1. The van der Waals surface area contributed by atoms with Gasteiger partial charge in [-0.25, -0.2) is 9.97 Å². The van der Waals surface area contributed by atoms with Crippen LogP contribution in [0.3, 0.4) is 0 Å². The van der Waals surface area contributed by atoms with E-state index in [9.17, 15) is 9.35 Å². The van der Waals surface area contributed by atoms with Gasteiger partial charge in [0.15, 0.2) is 10.5 Å². The summed E-state index contributed by atoms with van der Waals surface area (Å²) in [6.45, 7) is 0. The molecule has 0 bridgehead atoms. The van der Waals surface area contributed by atoms with Crippen LogP contribution in [0.25, 0.3) is 16.9 Å². The Morgan fingerprint density at radius 2 is 2.00 bits per heavy atom. The molecular formula is C20H16ClN5O2S. The number of imidazole rings is 1. The second-order valence-electron chi connectivity index (χ2n) is 6.26. The summed E-state index contributed by atoms with van der Waals surface area (Å²) in [5.74, 6) is -0.239. The number of hydrogen-bond donors (Lipinski definition) is 2. The standard InChI is InChI=1S/C20H16ClN5O2S/c21-15-5-2-1-4-13(15)10-19(27)25-14-7-8-16(18(11-14)29(22)28)26-12-24-20-17(26)6-3-9-23-20/h1-9,11-12H,10,22H2,(H,25,27). The van der Waals surface area contributed by atoms with Crippen LogP contribution >= 0.6 is 11.6 Å². The first-order valence-electron chi connectivity index (χ1n) is 8.65.